The molecule has 2 N–H and O–H groups in total. The van der Waals surface area contributed by atoms with E-state index in [2.05, 4.69) is 25.2 Å². The zero-order valence-electron chi connectivity index (χ0n) is 23.6. The molecule has 1 fully saturated rings. The van der Waals surface area contributed by atoms with Crippen LogP contribution in [-0.2, 0) is 6.18 Å². The molecule has 0 spiro atoms. The molecule has 14 heteroatoms. The van der Waals surface area contributed by atoms with Crippen molar-refractivity contribution in [3.05, 3.63) is 81.3 Å². The van der Waals surface area contributed by atoms with E-state index in [-0.39, 0.29) is 29.9 Å². The maximum Gasteiger partial charge on any atom is 0.417 e. The summed E-state index contributed by atoms with van der Waals surface area (Å²) in [6.45, 7) is 5.54. The Morgan fingerprint density at radius 1 is 1.09 bits per heavy atom. The third-order valence-electron chi connectivity index (χ3n) is 7.85. The van der Waals surface area contributed by atoms with Crippen molar-refractivity contribution in [1.29, 1.82) is 0 Å². The summed E-state index contributed by atoms with van der Waals surface area (Å²) in [5.41, 5.74) is -1.70. The lowest BCUT2D eigenvalue weighted by Gasteiger charge is -2.44. The van der Waals surface area contributed by atoms with E-state index >= 15 is 4.39 Å². The maximum atomic E-state index is 15.8. The molecule has 4 heterocycles. The highest BCUT2D eigenvalue weighted by Crippen LogP contribution is 2.37. The molecule has 226 valence electrons. The lowest BCUT2D eigenvalue weighted by atomic mass is 10.0. The van der Waals surface area contributed by atoms with Crippen molar-refractivity contribution in [2.75, 3.05) is 48.3 Å². The second kappa shape index (κ2) is 11.6. The molecule has 10 nitrogen and oxygen atoms in total. The van der Waals surface area contributed by atoms with Crippen molar-refractivity contribution < 1.29 is 27.2 Å². The van der Waals surface area contributed by atoms with E-state index in [1.807, 2.05) is 25.8 Å². The average Bonchev–Trinajstić information content (AvgIpc) is 3.46. The molecule has 0 unspecified atom stereocenters. The van der Waals surface area contributed by atoms with Gasteiger partial charge in [-0.1, -0.05) is 6.08 Å². The number of aromatic nitrogens is 3. The number of halogens is 4. The van der Waals surface area contributed by atoms with Crippen LogP contribution in [0.4, 0.5) is 34.9 Å². The van der Waals surface area contributed by atoms with Crippen LogP contribution in [-0.4, -0.2) is 77.4 Å². The number of anilines is 3. The van der Waals surface area contributed by atoms with E-state index in [1.165, 1.54) is 24.5 Å². The minimum Gasteiger partial charge on any atom is -0.367 e. The number of piperazine rings is 1. The third-order valence-corrected chi connectivity index (χ3v) is 7.85. The number of nitrogens with zero attached hydrogens (tertiary/aromatic N) is 5. The first-order valence-electron chi connectivity index (χ1n) is 13.5. The van der Waals surface area contributed by atoms with Gasteiger partial charge in [-0.25, -0.2) is 14.4 Å². The summed E-state index contributed by atoms with van der Waals surface area (Å²) in [6.07, 6.45) is 0.907. The molecule has 2 aliphatic rings. The molecule has 0 aliphatic carbocycles. The van der Waals surface area contributed by atoms with Crippen LogP contribution in [0.25, 0.3) is 5.57 Å². The summed E-state index contributed by atoms with van der Waals surface area (Å²) < 4.78 is 57.0. The average molecular weight is 600 g/mol. The van der Waals surface area contributed by atoms with E-state index in [4.69, 9.17) is 0 Å². The first-order valence-corrected chi connectivity index (χ1v) is 13.5. The summed E-state index contributed by atoms with van der Waals surface area (Å²) in [5.74, 6) is -1.35. The van der Waals surface area contributed by atoms with Crippen molar-refractivity contribution in [3.8, 4) is 0 Å². The molecule has 2 atom stereocenters. The Kier molecular flexibility index (Phi) is 8.06. The molecule has 0 radical (unpaired) electrons. The number of hydrogen-bond donors (Lipinski definition) is 2. The molecule has 5 rings (SSSR count). The molecular formula is C29H29F4N7O3. The van der Waals surface area contributed by atoms with Gasteiger partial charge in [-0.2, -0.15) is 13.2 Å². The van der Waals surface area contributed by atoms with Gasteiger partial charge >= 0.3 is 6.18 Å². The number of alkyl halides is 3. The zero-order chi connectivity index (χ0) is 31.1. The van der Waals surface area contributed by atoms with Crippen molar-refractivity contribution in [1.82, 2.24) is 19.9 Å². The number of H-pyrrole nitrogens is 1. The number of carbonyl (C=O) groups excluding carboxylic acids is 2. The SMILES string of the molecule is C[C@@H]1CN(c2cc(F)c(C3=CCN(c4ncc(C=O)cn4)C3)cc2NC(=O)c2c[nH]c(=O)cc2C(F)(F)F)C[C@H](C)N1C. The highest BCUT2D eigenvalue weighted by Gasteiger charge is 2.36. The normalized spacial score (nSPS) is 19.4. The first kappa shape index (κ1) is 29.9. The Morgan fingerprint density at radius 2 is 1.77 bits per heavy atom. The van der Waals surface area contributed by atoms with Gasteiger partial charge < -0.3 is 20.1 Å². The van der Waals surface area contributed by atoms with Gasteiger partial charge in [-0.3, -0.25) is 19.3 Å². The van der Waals surface area contributed by atoms with E-state index in [0.717, 1.165) is 6.20 Å². The second-order valence-corrected chi connectivity index (χ2v) is 10.7. The standard InChI is InChI=1S/C29H29F4N7O3/c1-16-12-40(13-17(2)38(16)3)25-8-23(30)20(19-4-5-39(14-19)28-35-9-18(15-41)10-36-28)6-24(25)37-27(43)21-11-34-26(42)7-22(21)29(31,32)33/h4,6-11,15-17H,5,12-14H2,1-3H3,(H,34,42)(H,37,43)/t16-,17+. The second-order valence-electron chi connectivity index (χ2n) is 10.7. The summed E-state index contributed by atoms with van der Waals surface area (Å²) in [4.78, 5) is 52.2. The van der Waals surface area contributed by atoms with Crippen LogP contribution in [0.3, 0.4) is 0 Å². The monoisotopic (exact) mass is 599 g/mol. The molecule has 1 aromatic carbocycles. The number of aromatic amines is 1. The molecule has 0 bridgehead atoms. The largest absolute Gasteiger partial charge is 0.417 e. The van der Waals surface area contributed by atoms with Crippen molar-refractivity contribution >= 4 is 35.1 Å². The number of nitrogens with one attached hydrogen (secondary N) is 2. The van der Waals surface area contributed by atoms with Gasteiger partial charge in [0.15, 0.2) is 6.29 Å². The van der Waals surface area contributed by atoms with Gasteiger partial charge in [0.2, 0.25) is 11.5 Å². The molecule has 2 aliphatic heterocycles. The van der Waals surface area contributed by atoms with Gasteiger partial charge in [0, 0.05) is 68.5 Å². The molecule has 2 aromatic heterocycles. The summed E-state index contributed by atoms with van der Waals surface area (Å²) >= 11 is 0. The molecule has 43 heavy (non-hydrogen) atoms. The number of benzene rings is 1. The Hall–Kier alpha value is -4.59. The van der Waals surface area contributed by atoms with Crippen LogP contribution in [0.15, 0.2) is 47.7 Å². The Bertz CT molecular complexity index is 1630. The Morgan fingerprint density at radius 3 is 2.40 bits per heavy atom. The minimum absolute atomic E-state index is 0.0720. The number of amides is 1. The Labute approximate surface area is 244 Å². The topological polar surface area (TPSA) is 115 Å². The summed E-state index contributed by atoms with van der Waals surface area (Å²) in [6, 6.07) is 3.18. The van der Waals surface area contributed by atoms with Crippen molar-refractivity contribution in [2.45, 2.75) is 32.1 Å². The fourth-order valence-corrected chi connectivity index (χ4v) is 5.31. The van der Waals surface area contributed by atoms with Gasteiger partial charge in [0.25, 0.3) is 5.91 Å². The predicted octanol–water partition coefficient (Wildman–Crippen LogP) is 3.82. The fraction of sp³-hybridized carbons (Fsp3) is 0.345. The predicted molar refractivity (Wildman–Crippen MR) is 153 cm³/mol. The van der Waals surface area contributed by atoms with Gasteiger partial charge in [0.1, 0.15) is 5.82 Å². The minimum atomic E-state index is -4.95. The van der Waals surface area contributed by atoms with Crippen LogP contribution in [0.5, 0.6) is 0 Å². The van der Waals surface area contributed by atoms with Gasteiger partial charge in [-0.15, -0.1) is 0 Å². The molecular weight excluding hydrogens is 570 g/mol. The van der Waals surface area contributed by atoms with E-state index < -0.39 is 34.6 Å². The number of rotatable bonds is 6. The van der Waals surface area contributed by atoms with E-state index in [0.29, 0.717) is 54.8 Å². The smallest absolute Gasteiger partial charge is 0.367 e. The lowest BCUT2D eigenvalue weighted by Crippen LogP contribution is -2.55. The maximum absolute atomic E-state index is 15.8. The highest BCUT2D eigenvalue weighted by atomic mass is 19.4. The molecule has 0 saturated carbocycles. The van der Waals surface area contributed by atoms with Crippen LogP contribution in [0, 0.1) is 5.82 Å². The molecule has 1 amide bonds. The van der Waals surface area contributed by atoms with E-state index in [1.54, 1.807) is 11.0 Å². The fourth-order valence-electron chi connectivity index (χ4n) is 5.31. The number of aldehydes is 1. The summed E-state index contributed by atoms with van der Waals surface area (Å²) in [5, 5.41) is 2.56. The zero-order valence-corrected chi connectivity index (χ0v) is 23.6. The first-order chi connectivity index (χ1) is 20.3. The van der Waals surface area contributed by atoms with Gasteiger partial charge in [-0.05, 0) is 38.6 Å². The number of hydrogen-bond acceptors (Lipinski definition) is 8. The highest BCUT2D eigenvalue weighted by molar-refractivity contribution is 6.07. The number of likely N-dealkylation sites (N-methyl/N-ethyl adjacent to an activating group) is 1. The van der Waals surface area contributed by atoms with Gasteiger partial charge in [0.05, 0.1) is 28.1 Å². The van der Waals surface area contributed by atoms with Crippen LogP contribution in [0.2, 0.25) is 0 Å². The number of pyridine rings is 1. The molecule has 3 aromatic rings. The van der Waals surface area contributed by atoms with Crippen molar-refractivity contribution in [2.24, 2.45) is 0 Å². The van der Waals surface area contributed by atoms with Crippen LogP contribution in [0.1, 0.15) is 45.7 Å². The van der Waals surface area contributed by atoms with E-state index in [9.17, 15) is 27.6 Å². The quantitative estimate of drug-likeness (QED) is 0.325. The van der Waals surface area contributed by atoms with Crippen LogP contribution >= 0.6 is 0 Å². The summed E-state index contributed by atoms with van der Waals surface area (Å²) in [7, 11) is 1.97. The molecule has 1 saturated heterocycles. The Balaban J connectivity index is 1.52. The third kappa shape index (κ3) is 6.14. The van der Waals surface area contributed by atoms with Crippen LogP contribution < -0.4 is 20.7 Å². The van der Waals surface area contributed by atoms with Crippen molar-refractivity contribution in [3.63, 3.8) is 0 Å². The lowest BCUT2D eigenvalue weighted by molar-refractivity contribution is -0.138. The number of carbonyl (C=O) groups is 2.